The molecule has 0 aliphatic carbocycles. The van der Waals surface area contributed by atoms with Crippen molar-refractivity contribution in [1.82, 2.24) is 4.90 Å². The van der Waals surface area contributed by atoms with Gasteiger partial charge < -0.3 is 14.9 Å². The second-order valence-corrected chi connectivity index (χ2v) is 5.07. The molecule has 2 rings (SSSR count). The van der Waals surface area contributed by atoms with E-state index < -0.39 is 4.92 Å². The average Bonchev–Trinajstić information content (AvgIpc) is 2.72. The standard InChI is InChI=1S/C14H19N3O4/c1-11(19)15-5-2-6-16(8-7-15)14-4-3-13(17(20)21)9-12(14)10-18/h3-4,9,18H,2,5-8,10H2,1H3. The smallest absolute Gasteiger partial charge is 0.269 e. The largest absolute Gasteiger partial charge is 0.392 e. The van der Waals surface area contributed by atoms with Gasteiger partial charge in [0.2, 0.25) is 5.91 Å². The molecule has 21 heavy (non-hydrogen) atoms. The van der Waals surface area contributed by atoms with E-state index in [1.54, 1.807) is 17.9 Å². The van der Waals surface area contributed by atoms with E-state index >= 15 is 0 Å². The molecule has 1 aromatic rings. The number of hydrogen-bond acceptors (Lipinski definition) is 5. The molecule has 1 aromatic carbocycles. The minimum absolute atomic E-state index is 0.0250. The van der Waals surface area contributed by atoms with Crippen LogP contribution in [0.1, 0.15) is 18.9 Å². The normalized spacial score (nSPS) is 15.7. The summed E-state index contributed by atoms with van der Waals surface area (Å²) in [5.74, 6) is 0.0583. The first-order valence-corrected chi connectivity index (χ1v) is 6.91. The summed E-state index contributed by atoms with van der Waals surface area (Å²) in [5, 5.41) is 20.2. The zero-order valence-electron chi connectivity index (χ0n) is 12.0. The predicted molar refractivity (Wildman–Crippen MR) is 78.1 cm³/mol. The third kappa shape index (κ3) is 3.49. The molecule has 1 aliphatic heterocycles. The molecule has 1 aliphatic rings. The second-order valence-electron chi connectivity index (χ2n) is 5.07. The average molecular weight is 293 g/mol. The van der Waals surface area contributed by atoms with Crippen LogP contribution in [0.3, 0.4) is 0 Å². The highest BCUT2D eigenvalue weighted by atomic mass is 16.6. The number of amides is 1. The van der Waals surface area contributed by atoms with Gasteiger partial charge in [-0.3, -0.25) is 14.9 Å². The number of hydrogen-bond donors (Lipinski definition) is 1. The summed E-state index contributed by atoms with van der Waals surface area (Å²) in [5.41, 5.74) is 1.32. The minimum Gasteiger partial charge on any atom is -0.392 e. The summed E-state index contributed by atoms with van der Waals surface area (Å²) in [6, 6.07) is 4.53. The maximum Gasteiger partial charge on any atom is 0.269 e. The van der Waals surface area contributed by atoms with Crippen molar-refractivity contribution in [3.8, 4) is 0 Å². The number of carbonyl (C=O) groups is 1. The van der Waals surface area contributed by atoms with Crippen molar-refractivity contribution >= 4 is 17.3 Å². The Balaban J connectivity index is 2.21. The SMILES string of the molecule is CC(=O)N1CCCN(c2ccc([N+](=O)[O-])cc2CO)CC1. The van der Waals surface area contributed by atoms with Crippen molar-refractivity contribution in [3.63, 3.8) is 0 Å². The van der Waals surface area contributed by atoms with Crippen LogP contribution in [0.5, 0.6) is 0 Å². The summed E-state index contributed by atoms with van der Waals surface area (Å²) in [7, 11) is 0. The Kier molecular flexibility index (Phi) is 4.74. The molecule has 0 atom stereocenters. The van der Waals surface area contributed by atoms with Gasteiger partial charge in [0.1, 0.15) is 0 Å². The van der Waals surface area contributed by atoms with Gasteiger partial charge in [0.25, 0.3) is 5.69 Å². The van der Waals surface area contributed by atoms with Gasteiger partial charge in [-0.25, -0.2) is 0 Å². The molecular weight excluding hydrogens is 274 g/mol. The molecule has 0 aromatic heterocycles. The van der Waals surface area contributed by atoms with E-state index in [1.807, 2.05) is 0 Å². The maximum absolute atomic E-state index is 11.4. The van der Waals surface area contributed by atoms with E-state index in [-0.39, 0.29) is 18.2 Å². The molecule has 1 heterocycles. The van der Waals surface area contributed by atoms with Gasteiger partial charge in [0, 0.05) is 56.5 Å². The first kappa shape index (κ1) is 15.2. The number of aliphatic hydroxyl groups excluding tert-OH is 1. The van der Waals surface area contributed by atoms with Crippen molar-refractivity contribution in [2.45, 2.75) is 20.0 Å². The van der Waals surface area contributed by atoms with Crippen LogP contribution in [0.4, 0.5) is 11.4 Å². The van der Waals surface area contributed by atoms with Gasteiger partial charge in [-0.05, 0) is 12.5 Å². The highest BCUT2D eigenvalue weighted by molar-refractivity contribution is 5.73. The van der Waals surface area contributed by atoms with Crippen molar-refractivity contribution in [2.75, 3.05) is 31.1 Å². The molecular formula is C14H19N3O4. The third-order valence-corrected chi connectivity index (χ3v) is 3.73. The summed E-state index contributed by atoms with van der Waals surface area (Å²) in [6.07, 6.45) is 0.835. The number of nitrogens with zero attached hydrogens (tertiary/aromatic N) is 3. The number of anilines is 1. The van der Waals surface area contributed by atoms with Crippen LogP contribution < -0.4 is 4.90 Å². The number of carbonyl (C=O) groups excluding carboxylic acids is 1. The lowest BCUT2D eigenvalue weighted by Crippen LogP contribution is -2.33. The summed E-state index contributed by atoms with van der Waals surface area (Å²) in [4.78, 5) is 25.6. The van der Waals surface area contributed by atoms with Gasteiger partial charge in [-0.2, -0.15) is 0 Å². The lowest BCUT2D eigenvalue weighted by atomic mass is 10.1. The first-order chi connectivity index (χ1) is 10.0. The van der Waals surface area contributed by atoms with Gasteiger partial charge in [0.15, 0.2) is 0 Å². The lowest BCUT2D eigenvalue weighted by molar-refractivity contribution is -0.384. The fraction of sp³-hybridized carbons (Fsp3) is 0.500. The van der Waals surface area contributed by atoms with Crippen LogP contribution in [0.15, 0.2) is 18.2 Å². The molecule has 1 amide bonds. The van der Waals surface area contributed by atoms with Crippen LogP contribution in [0, 0.1) is 10.1 Å². The Morgan fingerprint density at radius 2 is 2.10 bits per heavy atom. The Morgan fingerprint density at radius 3 is 2.71 bits per heavy atom. The molecule has 114 valence electrons. The quantitative estimate of drug-likeness (QED) is 0.667. The molecule has 7 heteroatoms. The van der Waals surface area contributed by atoms with E-state index in [0.29, 0.717) is 25.2 Å². The Bertz CT molecular complexity index is 547. The van der Waals surface area contributed by atoms with E-state index in [4.69, 9.17) is 0 Å². The zero-order chi connectivity index (χ0) is 15.4. The number of benzene rings is 1. The topological polar surface area (TPSA) is 86.9 Å². The van der Waals surface area contributed by atoms with Crippen molar-refractivity contribution in [3.05, 3.63) is 33.9 Å². The molecule has 0 unspecified atom stereocenters. The van der Waals surface area contributed by atoms with E-state index in [0.717, 1.165) is 18.7 Å². The predicted octanol–water partition coefficient (Wildman–Crippen LogP) is 1.15. The van der Waals surface area contributed by atoms with Crippen LogP contribution >= 0.6 is 0 Å². The van der Waals surface area contributed by atoms with Crippen LogP contribution in [-0.4, -0.2) is 47.0 Å². The van der Waals surface area contributed by atoms with Crippen molar-refractivity contribution in [2.24, 2.45) is 0 Å². The highest BCUT2D eigenvalue weighted by Crippen LogP contribution is 2.26. The monoisotopic (exact) mass is 293 g/mol. The van der Waals surface area contributed by atoms with E-state index in [1.165, 1.54) is 12.1 Å². The third-order valence-electron chi connectivity index (χ3n) is 3.73. The van der Waals surface area contributed by atoms with Gasteiger partial charge in [-0.15, -0.1) is 0 Å². The van der Waals surface area contributed by atoms with Gasteiger partial charge in [0.05, 0.1) is 11.5 Å². The molecule has 7 nitrogen and oxygen atoms in total. The van der Waals surface area contributed by atoms with Crippen molar-refractivity contribution in [1.29, 1.82) is 0 Å². The highest BCUT2D eigenvalue weighted by Gasteiger charge is 2.20. The fourth-order valence-electron chi connectivity index (χ4n) is 2.59. The number of non-ortho nitro benzene ring substituents is 1. The molecule has 1 fully saturated rings. The minimum atomic E-state index is -0.469. The van der Waals surface area contributed by atoms with Crippen LogP contribution in [0.25, 0.3) is 0 Å². The molecule has 0 bridgehead atoms. The van der Waals surface area contributed by atoms with E-state index in [2.05, 4.69) is 4.90 Å². The maximum atomic E-state index is 11.4. The summed E-state index contributed by atoms with van der Waals surface area (Å²) < 4.78 is 0. The zero-order valence-corrected chi connectivity index (χ0v) is 12.0. The molecule has 0 saturated carbocycles. The fourth-order valence-corrected chi connectivity index (χ4v) is 2.59. The molecule has 1 N–H and O–H groups in total. The lowest BCUT2D eigenvalue weighted by Gasteiger charge is -2.25. The van der Waals surface area contributed by atoms with Gasteiger partial charge in [-0.1, -0.05) is 0 Å². The Morgan fingerprint density at radius 1 is 1.33 bits per heavy atom. The molecule has 1 saturated heterocycles. The number of rotatable bonds is 3. The summed E-state index contributed by atoms with van der Waals surface area (Å²) in [6.45, 7) is 4.06. The van der Waals surface area contributed by atoms with Gasteiger partial charge >= 0.3 is 0 Å². The summed E-state index contributed by atoms with van der Waals surface area (Å²) >= 11 is 0. The number of nitro benzene ring substituents is 1. The number of aliphatic hydroxyl groups is 1. The molecule has 0 radical (unpaired) electrons. The van der Waals surface area contributed by atoms with Crippen molar-refractivity contribution < 1.29 is 14.8 Å². The van der Waals surface area contributed by atoms with Crippen LogP contribution in [0.2, 0.25) is 0 Å². The Hall–Kier alpha value is -2.15. The van der Waals surface area contributed by atoms with E-state index in [9.17, 15) is 20.0 Å². The number of nitro groups is 1. The van der Waals surface area contributed by atoms with Crippen LogP contribution in [-0.2, 0) is 11.4 Å². The Labute approximate surface area is 122 Å². The first-order valence-electron chi connectivity index (χ1n) is 6.91. The molecule has 0 spiro atoms. The second kappa shape index (κ2) is 6.53.